The lowest BCUT2D eigenvalue weighted by Gasteiger charge is -2.31. The molecule has 1 fully saturated rings. The van der Waals surface area contributed by atoms with Gasteiger partial charge in [0.05, 0.1) is 4.47 Å². The average molecular weight is 285 g/mol. The van der Waals surface area contributed by atoms with Crippen LogP contribution < -0.4 is 10.6 Å². The molecule has 16 heavy (non-hydrogen) atoms. The Morgan fingerprint density at radius 1 is 1.31 bits per heavy atom. The van der Waals surface area contributed by atoms with E-state index in [-0.39, 0.29) is 0 Å². The maximum atomic E-state index is 5.58. The van der Waals surface area contributed by atoms with Gasteiger partial charge in [0.15, 0.2) is 0 Å². The molecule has 0 aliphatic carbocycles. The van der Waals surface area contributed by atoms with Gasteiger partial charge in [-0.05, 0) is 47.7 Å². The molecule has 1 aromatic heterocycles. The molecule has 2 heterocycles. The van der Waals surface area contributed by atoms with Gasteiger partial charge in [-0.3, -0.25) is 0 Å². The van der Waals surface area contributed by atoms with Crippen molar-refractivity contribution in [2.45, 2.75) is 19.3 Å². The second-order valence-electron chi connectivity index (χ2n) is 4.21. The van der Waals surface area contributed by atoms with Gasteiger partial charge in [-0.25, -0.2) is 9.97 Å². The van der Waals surface area contributed by atoms with Crippen LogP contribution in [0.3, 0.4) is 0 Å². The van der Waals surface area contributed by atoms with E-state index in [0.717, 1.165) is 42.4 Å². The molecule has 4 nitrogen and oxygen atoms in total. The number of halogens is 1. The first-order valence-corrected chi connectivity index (χ1v) is 6.51. The van der Waals surface area contributed by atoms with Crippen molar-refractivity contribution >= 4 is 21.9 Å². The Morgan fingerprint density at radius 3 is 2.50 bits per heavy atom. The highest BCUT2D eigenvalue weighted by molar-refractivity contribution is 9.10. The van der Waals surface area contributed by atoms with Crippen molar-refractivity contribution in [3.63, 3.8) is 0 Å². The molecule has 0 atom stereocenters. The van der Waals surface area contributed by atoms with E-state index in [4.69, 9.17) is 5.73 Å². The van der Waals surface area contributed by atoms with E-state index in [1.807, 2.05) is 0 Å². The van der Waals surface area contributed by atoms with Crippen LogP contribution in [0.1, 0.15) is 19.3 Å². The predicted molar refractivity (Wildman–Crippen MR) is 68.3 cm³/mol. The summed E-state index contributed by atoms with van der Waals surface area (Å²) in [6.45, 7) is 2.90. The second kappa shape index (κ2) is 5.59. The van der Waals surface area contributed by atoms with E-state index in [1.165, 1.54) is 12.8 Å². The van der Waals surface area contributed by atoms with Crippen molar-refractivity contribution in [3.05, 3.63) is 16.9 Å². The number of piperidine rings is 1. The van der Waals surface area contributed by atoms with E-state index in [0.29, 0.717) is 0 Å². The van der Waals surface area contributed by atoms with Gasteiger partial charge < -0.3 is 10.6 Å². The molecule has 0 radical (unpaired) electrons. The topological polar surface area (TPSA) is 55.0 Å². The van der Waals surface area contributed by atoms with E-state index >= 15 is 0 Å². The van der Waals surface area contributed by atoms with Crippen LogP contribution in [-0.2, 0) is 0 Å². The van der Waals surface area contributed by atoms with Gasteiger partial charge in [0, 0.05) is 25.5 Å². The Kier molecular flexibility index (Phi) is 4.12. The summed E-state index contributed by atoms with van der Waals surface area (Å²) in [5.74, 6) is 1.63. The van der Waals surface area contributed by atoms with Crippen LogP contribution in [0.4, 0.5) is 5.95 Å². The van der Waals surface area contributed by atoms with Crippen LogP contribution in [0.15, 0.2) is 16.9 Å². The van der Waals surface area contributed by atoms with Crippen molar-refractivity contribution in [2.24, 2.45) is 11.7 Å². The molecule has 0 spiro atoms. The Hall–Kier alpha value is -0.680. The maximum absolute atomic E-state index is 5.58. The number of hydrogen-bond donors (Lipinski definition) is 1. The minimum absolute atomic E-state index is 0.789. The number of anilines is 1. The maximum Gasteiger partial charge on any atom is 0.225 e. The van der Waals surface area contributed by atoms with Gasteiger partial charge in [-0.15, -0.1) is 0 Å². The van der Waals surface area contributed by atoms with Gasteiger partial charge in [0.1, 0.15) is 0 Å². The number of rotatable bonds is 3. The smallest absolute Gasteiger partial charge is 0.225 e. The molecule has 0 saturated carbocycles. The summed E-state index contributed by atoms with van der Waals surface area (Å²) >= 11 is 3.34. The van der Waals surface area contributed by atoms with Crippen molar-refractivity contribution in [3.8, 4) is 0 Å². The van der Waals surface area contributed by atoms with Gasteiger partial charge in [-0.2, -0.15) is 0 Å². The fraction of sp³-hybridized carbons (Fsp3) is 0.636. The first kappa shape index (κ1) is 11.8. The fourth-order valence-corrected chi connectivity index (χ4v) is 2.33. The standard InChI is InChI=1S/C11H17BrN4/c12-10-7-14-11(15-8-10)16-5-2-9(1-4-13)3-6-16/h7-9H,1-6,13H2. The molecule has 0 aromatic carbocycles. The van der Waals surface area contributed by atoms with Gasteiger partial charge in [0.2, 0.25) is 5.95 Å². The molecule has 2 N–H and O–H groups in total. The van der Waals surface area contributed by atoms with Crippen LogP contribution in [0.2, 0.25) is 0 Å². The van der Waals surface area contributed by atoms with Crippen LogP contribution in [0.5, 0.6) is 0 Å². The Balaban J connectivity index is 1.91. The minimum atomic E-state index is 0.789. The molecule has 0 bridgehead atoms. The third-order valence-corrected chi connectivity index (χ3v) is 3.49. The summed E-state index contributed by atoms with van der Waals surface area (Å²) in [4.78, 5) is 10.9. The summed E-state index contributed by atoms with van der Waals surface area (Å²) in [6, 6.07) is 0. The third-order valence-electron chi connectivity index (χ3n) is 3.08. The van der Waals surface area contributed by atoms with E-state index in [1.54, 1.807) is 12.4 Å². The molecule has 2 rings (SSSR count). The summed E-state index contributed by atoms with van der Waals surface area (Å²) in [7, 11) is 0. The normalized spacial score (nSPS) is 17.8. The highest BCUT2D eigenvalue weighted by Crippen LogP contribution is 2.22. The second-order valence-corrected chi connectivity index (χ2v) is 5.12. The summed E-state index contributed by atoms with van der Waals surface area (Å²) in [5.41, 5.74) is 5.58. The van der Waals surface area contributed by atoms with Gasteiger partial charge in [-0.1, -0.05) is 0 Å². The predicted octanol–water partition coefficient (Wildman–Crippen LogP) is 1.80. The number of nitrogens with zero attached hydrogens (tertiary/aromatic N) is 3. The van der Waals surface area contributed by atoms with Crippen molar-refractivity contribution in [1.29, 1.82) is 0 Å². The first-order valence-electron chi connectivity index (χ1n) is 5.72. The lowest BCUT2D eigenvalue weighted by molar-refractivity contribution is 0.383. The zero-order valence-corrected chi connectivity index (χ0v) is 10.9. The molecule has 0 unspecified atom stereocenters. The molecular formula is C11H17BrN4. The van der Waals surface area contributed by atoms with Crippen LogP contribution in [0.25, 0.3) is 0 Å². The minimum Gasteiger partial charge on any atom is -0.341 e. The van der Waals surface area contributed by atoms with Crippen molar-refractivity contribution < 1.29 is 0 Å². The van der Waals surface area contributed by atoms with Crippen LogP contribution in [-0.4, -0.2) is 29.6 Å². The van der Waals surface area contributed by atoms with Crippen LogP contribution in [0, 0.1) is 5.92 Å². The lowest BCUT2D eigenvalue weighted by Crippen LogP contribution is -2.35. The molecule has 0 amide bonds. The van der Waals surface area contributed by atoms with Gasteiger partial charge >= 0.3 is 0 Å². The van der Waals surface area contributed by atoms with Crippen molar-refractivity contribution in [2.75, 3.05) is 24.5 Å². The zero-order valence-electron chi connectivity index (χ0n) is 9.27. The average Bonchev–Trinajstić information content (AvgIpc) is 2.32. The molecule has 1 aliphatic heterocycles. The Labute approximate surface area is 104 Å². The molecule has 1 saturated heterocycles. The Bertz CT molecular complexity index is 319. The first-order chi connectivity index (χ1) is 7.79. The number of nitrogens with two attached hydrogens (primary N) is 1. The molecular weight excluding hydrogens is 268 g/mol. The summed E-state index contributed by atoms with van der Waals surface area (Å²) in [5, 5.41) is 0. The number of hydrogen-bond acceptors (Lipinski definition) is 4. The van der Waals surface area contributed by atoms with E-state index < -0.39 is 0 Å². The third kappa shape index (κ3) is 2.92. The highest BCUT2D eigenvalue weighted by Gasteiger charge is 2.19. The molecule has 1 aliphatic rings. The SMILES string of the molecule is NCCC1CCN(c2ncc(Br)cn2)CC1. The van der Waals surface area contributed by atoms with E-state index in [2.05, 4.69) is 30.8 Å². The zero-order chi connectivity index (χ0) is 11.4. The monoisotopic (exact) mass is 284 g/mol. The number of aromatic nitrogens is 2. The van der Waals surface area contributed by atoms with Crippen molar-refractivity contribution in [1.82, 2.24) is 9.97 Å². The lowest BCUT2D eigenvalue weighted by atomic mass is 9.94. The highest BCUT2D eigenvalue weighted by atomic mass is 79.9. The summed E-state index contributed by atoms with van der Waals surface area (Å²) in [6.07, 6.45) is 7.16. The molecule has 1 aromatic rings. The fourth-order valence-electron chi connectivity index (χ4n) is 2.13. The Morgan fingerprint density at radius 2 is 1.94 bits per heavy atom. The molecule has 5 heteroatoms. The quantitative estimate of drug-likeness (QED) is 0.920. The van der Waals surface area contributed by atoms with Crippen LogP contribution >= 0.6 is 15.9 Å². The molecule has 88 valence electrons. The van der Waals surface area contributed by atoms with Gasteiger partial charge in [0.25, 0.3) is 0 Å². The van der Waals surface area contributed by atoms with E-state index in [9.17, 15) is 0 Å². The summed E-state index contributed by atoms with van der Waals surface area (Å²) < 4.78 is 0.925. The largest absolute Gasteiger partial charge is 0.341 e.